The molecule has 0 bridgehead atoms. The second kappa shape index (κ2) is 9.76. The number of benzene rings is 2. The largest absolute Gasteiger partial charge is 0.353 e. The smallest absolute Gasteiger partial charge is 0.254 e. The average molecular weight is 434 g/mol. The summed E-state index contributed by atoms with van der Waals surface area (Å²) in [7, 11) is 0. The molecule has 0 spiro atoms. The lowest BCUT2D eigenvalue weighted by Gasteiger charge is -2.24. The molecule has 1 aliphatic heterocycles. The second-order valence-corrected chi connectivity index (χ2v) is 7.51. The van der Waals surface area contributed by atoms with Crippen LogP contribution in [0.5, 0.6) is 0 Å². The van der Waals surface area contributed by atoms with Crippen LogP contribution in [0, 0.1) is 0 Å². The molecule has 29 heavy (non-hydrogen) atoms. The van der Waals surface area contributed by atoms with Crippen LogP contribution in [0.1, 0.15) is 33.6 Å². The van der Waals surface area contributed by atoms with Gasteiger partial charge in [-0.3, -0.25) is 14.4 Å². The van der Waals surface area contributed by atoms with Crippen molar-refractivity contribution in [2.75, 3.05) is 19.6 Å². The van der Waals surface area contributed by atoms with Crippen LogP contribution in [-0.2, 0) is 4.79 Å². The zero-order valence-corrected chi connectivity index (χ0v) is 17.2. The van der Waals surface area contributed by atoms with Crippen molar-refractivity contribution in [1.82, 2.24) is 15.5 Å². The summed E-state index contributed by atoms with van der Waals surface area (Å²) in [5, 5.41) is 6.22. The Morgan fingerprint density at radius 2 is 1.66 bits per heavy atom. The van der Waals surface area contributed by atoms with E-state index in [9.17, 15) is 14.4 Å². The lowest BCUT2D eigenvalue weighted by Crippen LogP contribution is -2.47. The molecule has 0 saturated carbocycles. The van der Waals surface area contributed by atoms with Crippen LogP contribution < -0.4 is 10.6 Å². The summed E-state index contributed by atoms with van der Waals surface area (Å²) in [6.07, 6.45) is 1.34. The van der Waals surface area contributed by atoms with Gasteiger partial charge in [-0.05, 0) is 43.2 Å². The highest BCUT2D eigenvalue weighted by atomic mass is 35.5. The number of hydrogen-bond donors (Lipinski definition) is 2. The minimum atomic E-state index is -0.540. The summed E-state index contributed by atoms with van der Waals surface area (Å²) in [5.74, 6) is -0.680. The first-order valence-electron chi connectivity index (χ1n) is 9.34. The predicted octanol–water partition coefficient (Wildman–Crippen LogP) is 3.14. The minimum Gasteiger partial charge on any atom is -0.353 e. The lowest BCUT2D eigenvalue weighted by molar-refractivity contribution is -0.124. The quantitative estimate of drug-likeness (QED) is 0.686. The van der Waals surface area contributed by atoms with E-state index in [4.69, 9.17) is 23.2 Å². The van der Waals surface area contributed by atoms with E-state index in [-0.39, 0.29) is 24.3 Å². The van der Waals surface area contributed by atoms with Gasteiger partial charge in [0.05, 0.1) is 10.0 Å². The highest BCUT2D eigenvalue weighted by Gasteiger charge is 2.34. The van der Waals surface area contributed by atoms with E-state index in [0.717, 1.165) is 6.42 Å². The van der Waals surface area contributed by atoms with E-state index in [1.54, 1.807) is 41.3 Å². The van der Waals surface area contributed by atoms with Gasteiger partial charge in [0.1, 0.15) is 6.04 Å². The first kappa shape index (κ1) is 21.1. The van der Waals surface area contributed by atoms with Crippen LogP contribution in [0.25, 0.3) is 0 Å². The van der Waals surface area contributed by atoms with Gasteiger partial charge in [0, 0.05) is 30.8 Å². The van der Waals surface area contributed by atoms with Crippen molar-refractivity contribution in [3.63, 3.8) is 0 Å². The Kier molecular flexibility index (Phi) is 7.12. The summed E-state index contributed by atoms with van der Waals surface area (Å²) in [6, 6.07) is 13.0. The molecule has 1 saturated heterocycles. The first-order valence-corrected chi connectivity index (χ1v) is 10.1. The summed E-state index contributed by atoms with van der Waals surface area (Å²) >= 11 is 11.9. The van der Waals surface area contributed by atoms with Gasteiger partial charge in [0.2, 0.25) is 5.91 Å². The van der Waals surface area contributed by atoms with Gasteiger partial charge in [-0.2, -0.15) is 0 Å². The number of hydrogen-bond acceptors (Lipinski definition) is 3. The molecule has 0 aromatic heterocycles. The van der Waals surface area contributed by atoms with Crippen molar-refractivity contribution in [1.29, 1.82) is 0 Å². The molecular formula is C21H21Cl2N3O3. The summed E-state index contributed by atoms with van der Waals surface area (Å²) in [6.45, 7) is 1.08. The Labute approximate surface area is 179 Å². The van der Waals surface area contributed by atoms with Crippen LogP contribution in [-0.4, -0.2) is 48.3 Å². The Balaban J connectivity index is 1.51. The molecule has 1 aliphatic rings. The molecule has 2 aromatic rings. The minimum absolute atomic E-state index is 0.197. The molecule has 2 N–H and O–H groups in total. The summed E-state index contributed by atoms with van der Waals surface area (Å²) in [4.78, 5) is 38.9. The van der Waals surface area contributed by atoms with E-state index >= 15 is 0 Å². The lowest BCUT2D eigenvalue weighted by atomic mass is 10.1. The highest BCUT2D eigenvalue weighted by Crippen LogP contribution is 2.25. The number of amides is 3. The highest BCUT2D eigenvalue weighted by molar-refractivity contribution is 6.42. The molecule has 0 aliphatic carbocycles. The molecule has 1 heterocycles. The molecule has 1 atom stereocenters. The predicted molar refractivity (Wildman–Crippen MR) is 112 cm³/mol. The molecule has 8 heteroatoms. The topological polar surface area (TPSA) is 78.5 Å². The standard InChI is InChI=1S/C21H21Cl2N3O3/c22-16-9-8-15(13-17(16)23)21(29)26-12-4-7-18(26)20(28)25-11-10-24-19(27)14-5-2-1-3-6-14/h1-3,5-6,8-9,13,18H,4,7,10-12H2,(H,24,27)(H,25,28)/t18-/m0/s1. The molecular weight excluding hydrogens is 413 g/mol. The van der Waals surface area contributed by atoms with Crippen molar-refractivity contribution in [2.45, 2.75) is 18.9 Å². The third-order valence-corrected chi connectivity index (χ3v) is 5.47. The average Bonchev–Trinajstić information content (AvgIpc) is 3.23. The molecule has 3 amide bonds. The maximum absolute atomic E-state index is 12.8. The number of rotatable bonds is 6. The molecule has 0 unspecified atom stereocenters. The van der Waals surface area contributed by atoms with E-state index in [2.05, 4.69) is 10.6 Å². The third kappa shape index (κ3) is 5.28. The molecule has 3 rings (SSSR count). The van der Waals surface area contributed by atoms with Gasteiger partial charge in [0.25, 0.3) is 11.8 Å². The van der Waals surface area contributed by atoms with Crippen LogP contribution in [0.2, 0.25) is 10.0 Å². The monoisotopic (exact) mass is 433 g/mol. The number of carbonyl (C=O) groups is 3. The number of halogens is 2. The Morgan fingerprint density at radius 1 is 0.931 bits per heavy atom. The molecule has 6 nitrogen and oxygen atoms in total. The maximum Gasteiger partial charge on any atom is 0.254 e. The van der Waals surface area contributed by atoms with Gasteiger partial charge in [-0.25, -0.2) is 0 Å². The normalized spacial score (nSPS) is 15.8. The fraction of sp³-hybridized carbons (Fsp3) is 0.286. The number of nitrogens with zero attached hydrogens (tertiary/aromatic N) is 1. The number of carbonyl (C=O) groups excluding carboxylic acids is 3. The van der Waals surface area contributed by atoms with Crippen molar-refractivity contribution in [3.05, 3.63) is 69.7 Å². The Bertz CT molecular complexity index is 905. The van der Waals surface area contributed by atoms with Gasteiger partial charge in [-0.1, -0.05) is 41.4 Å². The fourth-order valence-electron chi connectivity index (χ4n) is 3.25. The van der Waals surface area contributed by atoms with Crippen molar-refractivity contribution in [3.8, 4) is 0 Å². The van der Waals surface area contributed by atoms with Crippen LogP contribution in [0.15, 0.2) is 48.5 Å². The SMILES string of the molecule is O=C(NCCNC(=O)[C@@H]1CCCN1C(=O)c1ccc(Cl)c(Cl)c1)c1ccccc1. The maximum atomic E-state index is 12.8. The summed E-state index contributed by atoms with van der Waals surface area (Å²) < 4.78 is 0. The van der Waals surface area contributed by atoms with Gasteiger partial charge in [-0.15, -0.1) is 0 Å². The molecule has 2 aromatic carbocycles. The van der Waals surface area contributed by atoms with Gasteiger partial charge < -0.3 is 15.5 Å². The summed E-state index contributed by atoms with van der Waals surface area (Å²) in [5.41, 5.74) is 0.960. The molecule has 1 fully saturated rings. The molecule has 152 valence electrons. The van der Waals surface area contributed by atoms with Crippen LogP contribution in [0.3, 0.4) is 0 Å². The number of nitrogens with one attached hydrogen (secondary N) is 2. The van der Waals surface area contributed by atoms with Crippen molar-refractivity contribution >= 4 is 40.9 Å². The Hall–Kier alpha value is -2.57. The van der Waals surface area contributed by atoms with Crippen LogP contribution in [0.4, 0.5) is 0 Å². The Morgan fingerprint density at radius 3 is 2.38 bits per heavy atom. The third-order valence-electron chi connectivity index (χ3n) is 4.73. The van der Waals surface area contributed by atoms with Crippen molar-refractivity contribution in [2.24, 2.45) is 0 Å². The molecule has 0 radical (unpaired) electrons. The first-order chi connectivity index (χ1) is 14.0. The fourth-order valence-corrected chi connectivity index (χ4v) is 3.55. The zero-order chi connectivity index (χ0) is 20.8. The van der Waals surface area contributed by atoms with E-state index in [1.807, 2.05) is 6.07 Å². The van der Waals surface area contributed by atoms with E-state index in [0.29, 0.717) is 40.7 Å². The van der Waals surface area contributed by atoms with Crippen molar-refractivity contribution < 1.29 is 14.4 Å². The second-order valence-electron chi connectivity index (χ2n) is 6.70. The van der Waals surface area contributed by atoms with Gasteiger partial charge in [0.15, 0.2) is 0 Å². The van der Waals surface area contributed by atoms with E-state index in [1.165, 1.54) is 6.07 Å². The van der Waals surface area contributed by atoms with Crippen LogP contribution >= 0.6 is 23.2 Å². The van der Waals surface area contributed by atoms with Gasteiger partial charge >= 0.3 is 0 Å². The zero-order valence-electron chi connectivity index (χ0n) is 15.7. The van der Waals surface area contributed by atoms with E-state index < -0.39 is 6.04 Å². The number of likely N-dealkylation sites (tertiary alicyclic amines) is 1.